The van der Waals surface area contributed by atoms with Crippen molar-refractivity contribution < 1.29 is 19.5 Å². The number of urea groups is 1. The Balaban J connectivity index is 1.39. The standard InChI is InChI=1S/C33H38N4O4/c1-23(2)29(31(39)40)34-32(41)35-19-20-36(24(3)21-35)30(38)28-22-37(28)33(25-13-7-4-8-14-25,26-15-9-5-10-16-26)27-17-11-6-12-18-27/h4-18,23-24,28-29H,19-22H2,1-3H3,(H,34,41)(H,39,40)/t24?,28-,29-,37-/m0/s1. The zero-order valence-corrected chi connectivity index (χ0v) is 23.8. The zero-order chi connectivity index (χ0) is 29.1. The SMILES string of the molecule is CC(C)[C@H](NC(=O)N1CCN(C(=O)[C@@H]2C[N@]2C(c2ccccc2)(c2ccccc2)c2ccccc2)C(C)C1)C(=O)O. The fourth-order valence-corrected chi connectivity index (χ4v) is 6.16. The van der Waals surface area contributed by atoms with Gasteiger partial charge in [0.1, 0.15) is 12.1 Å². The maximum Gasteiger partial charge on any atom is 0.326 e. The summed E-state index contributed by atoms with van der Waals surface area (Å²) in [5.74, 6) is -1.24. The van der Waals surface area contributed by atoms with E-state index in [4.69, 9.17) is 0 Å². The molecule has 3 amide bonds. The van der Waals surface area contributed by atoms with Gasteiger partial charge in [-0.2, -0.15) is 0 Å². The predicted octanol–water partition coefficient (Wildman–Crippen LogP) is 4.01. The molecule has 0 radical (unpaired) electrons. The Morgan fingerprint density at radius 1 is 0.805 bits per heavy atom. The van der Waals surface area contributed by atoms with Gasteiger partial charge in [0.25, 0.3) is 0 Å². The van der Waals surface area contributed by atoms with Crippen molar-refractivity contribution in [3.05, 3.63) is 108 Å². The maximum absolute atomic E-state index is 14.0. The van der Waals surface area contributed by atoms with Crippen LogP contribution < -0.4 is 5.32 Å². The number of aliphatic carboxylic acids is 1. The van der Waals surface area contributed by atoms with E-state index in [1.807, 2.05) is 66.4 Å². The largest absolute Gasteiger partial charge is 0.480 e. The molecule has 8 heteroatoms. The average Bonchev–Trinajstić information content (AvgIpc) is 3.78. The summed E-state index contributed by atoms with van der Waals surface area (Å²) in [6.07, 6.45) is 0. The summed E-state index contributed by atoms with van der Waals surface area (Å²) in [7, 11) is 0. The summed E-state index contributed by atoms with van der Waals surface area (Å²) in [4.78, 5) is 44.3. The van der Waals surface area contributed by atoms with Crippen LogP contribution in [0.2, 0.25) is 0 Å². The lowest BCUT2D eigenvalue weighted by Crippen LogP contribution is -2.60. The number of carbonyl (C=O) groups excluding carboxylic acids is 2. The molecule has 0 aromatic heterocycles. The first-order chi connectivity index (χ1) is 19.7. The lowest BCUT2D eigenvalue weighted by molar-refractivity contribution is -0.140. The average molecular weight is 555 g/mol. The van der Waals surface area contributed by atoms with Crippen LogP contribution in [0.3, 0.4) is 0 Å². The monoisotopic (exact) mass is 554 g/mol. The first kappa shape index (κ1) is 28.4. The van der Waals surface area contributed by atoms with Crippen LogP contribution in [0.15, 0.2) is 91.0 Å². The second-order valence-corrected chi connectivity index (χ2v) is 11.3. The minimum absolute atomic E-state index is 0.0512. The molecule has 2 heterocycles. The van der Waals surface area contributed by atoms with Crippen molar-refractivity contribution in [1.82, 2.24) is 20.0 Å². The minimum atomic E-state index is -1.05. The molecule has 1 unspecified atom stereocenters. The van der Waals surface area contributed by atoms with E-state index >= 15 is 0 Å². The van der Waals surface area contributed by atoms with Gasteiger partial charge in [0, 0.05) is 32.2 Å². The number of nitrogens with zero attached hydrogens (tertiary/aromatic N) is 3. The summed E-state index contributed by atoms with van der Waals surface area (Å²) in [5, 5.41) is 12.1. The van der Waals surface area contributed by atoms with E-state index in [-0.39, 0.29) is 23.9 Å². The molecule has 2 N–H and O–H groups in total. The molecule has 3 aromatic carbocycles. The topological polar surface area (TPSA) is 93.0 Å². The van der Waals surface area contributed by atoms with Crippen molar-refractivity contribution in [3.8, 4) is 0 Å². The summed E-state index contributed by atoms with van der Waals surface area (Å²) in [6.45, 7) is 7.17. The van der Waals surface area contributed by atoms with Crippen LogP contribution in [0, 0.1) is 5.92 Å². The molecule has 41 heavy (non-hydrogen) atoms. The minimum Gasteiger partial charge on any atom is -0.480 e. The Labute approximate surface area is 241 Å². The zero-order valence-electron chi connectivity index (χ0n) is 23.8. The number of amides is 3. The van der Waals surface area contributed by atoms with Gasteiger partial charge in [0.2, 0.25) is 5.91 Å². The Kier molecular flexibility index (Phi) is 8.13. The Bertz CT molecular complexity index is 1270. The van der Waals surface area contributed by atoms with Crippen LogP contribution in [0.25, 0.3) is 0 Å². The first-order valence-electron chi connectivity index (χ1n) is 14.3. The lowest BCUT2D eigenvalue weighted by Gasteiger charge is -2.41. The van der Waals surface area contributed by atoms with Gasteiger partial charge in [-0.3, -0.25) is 9.69 Å². The van der Waals surface area contributed by atoms with Crippen molar-refractivity contribution in [2.24, 2.45) is 5.92 Å². The van der Waals surface area contributed by atoms with Crippen molar-refractivity contribution >= 4 is 17.9 Å². The fraction of sp³-hybridized carbons (Fsp3) is 0.364. The highest BCUT2D eigenvalue weighted by atomic mass is 16.4. The Morgan fingerprint density at radius 3 is 1.71 bits per heavy atom. The third-order valence-corrected chi connectivity index (χ3v) is 8.31. The van der Waals surface area contributed by atoms with E-state index in [1.165, 1.54) is 0 Å². The molecule has 8 nitrogen and oxygen atoms in total. The molecule has 0 aliphatic carbocycles. The van der Waals surface area contributed by atoms with Gasteiger partial charge in [-0.15, -0.1) is 0 Å². The van der Waals surface area contributed by atoms with Crippen LogP contribution in [0.1, 0.15) is 37.5 Å². The van der Waals surface area contributed by atoms with E-state index < -0.39 is 23.6 Å². The van der Waals surface area contributed by atoms with Gasteiger partial charge >= 0.3 is 12.0 Å². The Morgan fingerprint density at radius 2 is 1.29 bits per heavy atom. The second kappa shape index (κ2) is 11.7. The summed E-state index contributed by atoms with van der Waals surface area (Å²) in [5.41, 5.74) is 2.65. The molecule has 0 bridgehead atoms. The lowest BCUT2D eigenvalue weighted by atomic mass is 9.76. The van der Waals surface area contributed by atoms with Crippen molar-refractivity contribution in [2.45, 2.75) is 44.4 Å². The number of piperazine rings is 1. The predicted molar refractivity (Wildman–Crippen MR) is 157 cm³/mol. The van der Waals surface area contributed by atoms with Crippen molar-refractivity contribution in [3.63, 3.8) is 0 Å². The highest BCUT2D eigenvalue weighted by Gasteiger charge is 2.57. The third-order valence-electron chi connectivity index (χ3n) is 8.31. The first-order valence-corrected chi connectivity index (χ1v) is 14.3. The van der Waals surface area contributed by atoms with Crippen molar-refractivity contribution in [1.29, 1.82) is 0 Å². The van der Waals surface area contributed by atoms with Gasteiger partial charge in [0.05, 0.1) is 5.54 Å². The number of hydrogen-bond acceptors (Lipinski definition) is 4. The van der Waals surface area contributed by atoms with Gasteiger partial charge in [-0.25, -0.2) is 9.59 Å². The number of carbonyl (C=O) groups is 3. The number of nitrogens with one attached hydrogen (secondary N) is 1. The molecule has 2 aliphatic heterocycles. The van der Waals surface area contributed by atoms with Crippen LogP contribution in [-0.4, -0.2) is 82.0 Å². The molecule has 2 fully saturated rings. The summed E-state index contributed by atoms with van der Waals surface area (Å²) < 4.78 is 0. The number of carboxylic acids is 1. The molecule has 5 rings (SSSR count). The van der Waals surface area contributed by atoms with Crippen LogP contribution in [-0.2, 0) is 15.1 Å². The normalized spacial score (nSPS) is 21.3. The molecule has 3 aromatic rings. The molecular weight excluding hydrogens is 516 g/mol. The molecule has 214 valence electrons. The van der Waals surface area contributed by atoms with Crippen LogP contribution in [0.5, 0.6) is 0 Å². The van der Waals surface area contributed by atoms with E-state index in [0.717, 1.165) is 16.7 Å². The fourth-order valence-electron chi connectivity index (χ4n) is 6.16. The Hall–Kier alpha value is -4.17. The quantitative estimate of drug-likeness (QED) is 0.324. The highest BCUT2D eigenvalue weighted by molar-refractivity contribution is 5.87. The van der Waals surface area contributed by atoms with E-state index in [1.54, 1.807) is 18.7 Å². The number of benzene rings is 3. The van der Waals surface area contributed by atoms with Gasteiger partial charge in [-0.05, 0) is 29.5 Å². The molecule has 4 atom stereocenters. The molecule has 2 saturated heterocycles. The highest BCUT2D eigenvalue weighted by Crippen LogP contribution is 2.48. The van der Waals surface area contributed by atoms with Crippen LogP contribution >= 0.6 is 0 Å². The van der Waals surface area contributed by atoms with Gasteiger partial charge in [0.15, 0.2) is 0 Å². The van der Waals surface area contributed by atoms with Gasteiger partial charge < -0.3 is 20.2 Å². The van der Waals surface area contributed by atoms with E-state index in [2.05, 4.69) is 46.6 Å². The smallest absolute Gasteiger partial charge is 0.326 e. The molecular formula is C33H38N4O4. The number of hydrogen-bond donors (Lipinski definition) is 2. The molecule has 0 spiro atoms. The molecule has 0 saturated carbocycles. The summed E-state index contributed by atoms with van der Waals surface area (Å²) >= 11 is 0. The van der Waals surface area contributed by atoms with Crippen molar-refractivity contribution in [2.75, 3.05) is 26.2 Å². The second-order valence-electron chi connectivity index (χ2n) is 11.3. The van der Waals surface area contributed by atoms with Crippen LogP contribution in [0.4, 0.5) is 4.79 Å². The third kappa shape index (κ3) is 5.44. The van der Waals surface area contributed by atoms with E-state index in [0.29, 0.717) is 26.2 Å². The number of carboxylic acid groups (broad SMARTS) is 1. The molecule has 2 aliphatic rings. The summed E-state index contributed by atoms with van der Waals surface area (Å²) in [6, 6.07) is 29.1. The van der Waals surface area contributed by atoms with Gasteiger partial charge in [-0.1, -0.05) is 105 Å². The number of rotatable bonds is 8. The van der Waals surface area contributed by atoms with E-state index in [9.17, 15) is 19.5 Å². The maximum atomic E-state index is 14.0.